The summed E-state index contributed by atoms with van der Waals surface area (Å²) in [6, 6.07) is 5.16. The Kier molecular flexibility index (Phi) is 5.37. The van der Waals surface area contributed by atoms with Gasteiger partial charge in [-0.25, -0.2) is 8.42 Å². The number of sulfonamides is 1. The van der Waals surface area contributed by atoms with E-state index in [-0.39, 0.29) is 0 Å². The predicted octanol–water partition coefficient (Wildman–Crippen LogP) is 1.17. The number of benzene rings is 1. The highest BCUT2D eigenvalue weighted by molar-refractivity contribution is 7.89. The van der Waals surface area contributed by atoms with Crippen molar-refractivity contribution in [2.24, 2.45) is 5.73 Å². The van der Waals surface area contributed by atoms with Crippen molar-refractivity contribution in [1.29, 1.82) is 0 Å². The average molecular weight is 311 g/mol. The molecule has 5 nitrogen and oxygen atoms in total. The molecule has 1 heterocycles. The fraction of sp³-hybridized carbons (Fsp3) is 0.600. The van der Waals surface area contributed by atoms with Crippen LogP contribution in [0, 0.1) is 6.92 Å². The summed E-state index contributed by atoms with van der Waals surface area (Å²) >= 11 is 0. The van der Waals surface area contributed by atoms with Crippen LogP contribution in [-0.4, -0.2) is 50.8 Å². The molecule has 2 N–H and O–H groups in total. The van der Waals surface area contributed by atoms with Gasteiger partial charge in [-0.2, -0.15) is 4.31 Å². The third-order valence-electron chi connectivity index (χ3n) is 4.17. The van der Waals surface area contributed by atoms with Crippen LogP contribution in [0.3, 0.4) is 0 Å². The zero-order chi connectivity index (χ0) is 15.5. The number of nitrogens with zero attached hydrogens (tertiary/aromatic N) is 2. The first-order valence-electron chi connectivity index (χ1n) is 7.43. The van der Waals surface area contributed by atoms with E-state index in [1.165, 1.54) is 17.1 Å². The molecule has 2 rings (SSSR count). The minimum absolute atomic E-state index is 0.348. The minimum atomic E-state index is -3.41. The highest BCUT2D eigenvalue weighted by atomic mass is 32.2. The lowest BCUT2D eigenvalue weighted by Crippen LogP contribution is -2.35. The van der Waals surface area contributed by atoms with Crippen molar-refractivity contribution in [3.05, 3.63) is 29.3 Å². The van der Waals surface area contributed by atoms with Gasteiger partial charge in [-0.1, -0.05) is 6.07 Å². The van der Waals surface area contributed by atoms with Crippen molar-refractivity contribution < 1.29 is 8.42 Å². The van der Waals surface area contributed by atoms with Crippen molar-refractivity contribution >= 4 is 10.0 Å². The zero-order valence-corrected chi connectivity index (χ0v) is 13.7. The fourth-order valence-electron chi connectivity index (χ4n) is 2.65. The summed E-state index contributed by atoms with van der Waals surface area (Å²) in [5.41, 5.74) is 7.52. The van der Waals surface area contributed by atoms with Crippen LogP contribution >= 0.6 is 0 Å². The van der Waals surface area contributed by atoms with Crippen LogP contribution in [0.4, 0.5) is 0 Å². The van der Waals surface area contributed by atoms with Gasteiger partial charge < -0.3 is 10.6 Å². The SMILES string of the molecule is Cc1cc(S(=O)(=O)N(C)CCN2CCCC2)ccc1CN. The maximum Gasteiger partial charge on any atom is 0.242 e. The normalized spacial score (nSPS) is 16.8. The van der Waals surface area contributed by atoms with E-state index in [2.05, 4.69) is 4.90 Å². The number of likely N-dealkylation sites (N-methyl/N-ethyl adjacent to an activating group) is 1. The van der Waals surface area contributed by atoms with Crippen LogP contribution in [0.5, 0.6) is 0 Å². The Balaban J connectivity index is 2.07. The molecule has 0 saturated carbocycles. The first-order chi connectivity index (χ1) is 9.95. The summed E-state index contributed by atoms with van der Waals surface area (Å²) in [5.74, 6) is 0. The van der Waals surface area contributed by atoms with Gasteiger partial charge in [0.05, 0.1) is 4.90 Å². The molecular formula is C15H25N3O2S. The predicted molar refractivity (Wildman–Crippen MR) is 84.6 cm³/mol. The van der Waals surface area contributed by atoms with Gasteiger partial charge in [0.15, 0.2) is 0 Å². The van der Waals surface area contributed by atoms with Crippen molar-refractivity contribution in [3.8, 4) is 0 Å². The van der Waals surface area contributed by atoms with Gasteiger partial charge in [-0.15, -0.1) is 0 Å². The van der Waals surface area contributed by atoms with E-state index in [4.69, 9.17) is 5.73 Å². The number of aryl methyl sites for hydroxylation is 1. The van der Waals surface area contributed by atoms with Gasteiger partial charge in [0.25, 0.3) is 0 Å². The number of hydrogen-bond acceptors (Lipinski definition) is 4. The Morgan fingerprint density at radius 3 is 2.52 bits per heavy atom. The summed E-state index contributed by atoms with van der Waals surface area (Å²) < 4.78 is 26.6. The molecule has 21 heavy (non-hydrogen) atoms. The van der Waals surface area contributed by atoms with Gasteiger partial charge in [0, 0.05) is 26.7 Å². The van der Waals surface area contributed by atoms with Crippen LogP contribution in [0.15, 0.2) is 23.1 Å². The zero-order valence-electron chi connectivity index (χ0n) is 12.9. The number of rotatable bonds is 6. The summed E-state index contributed by atoms with van der Waals surface area (Å²) in [4.78, 5) is 2.66. The van der Waals surface area contributed by atoms with E-state index < -0.39 is 10.0 Å². The van der Waals surface area contributed by atoms with E-state index in [9.17, 15) is 8.42 Å². The molecule has 1 aromatic rings. The summed E-state index contributed by atoms with van der Waals surface area (Å²) in [6.45, 7) is 5.81. The first-order valence-corrected chi connectivity index (χ1v) is 8.87. The molecular weight excluding hydrogens is 286 g/mol. The van der Waals surface area contributed by atoms with Crippen LogP contribution in [-0.2, 0) is 16.6 Å². The molecule has 1 fully saturated rings. The van der Waals surface area contributed by atoms with E-state index >= 15 is 0 Å². The molecule has 0 spiro atoms. The fourth-order valence-corrected chi connectivity index (χ4v) is 3.89. The Morgan fingerprint density at radius 1 is 1.29 bits per heavy atom. The molecule has 0 bridgehead atoms. The van der Waals surface area contributed by atoms with Gasteiger partial charge in [0.1, 0.15) is 0 Å². The molecule has 0 aliphatic carbocycles. The van der Waals surface area contributed by atoms with E-state index in [0.717, 1.165) is 30.8 Å². The lowest BCUT2D eigenvalue weighted by Gasteiger charge is -2.21. The summed E-state index contributed by atoms with van der Waals surface area (Å²) in [6.07, 6.45) is 2.44. The standard InChI is InChI=1S/C15H25N3O2S/c1-13-11-15(6-5-14(13)12-16)21(19,20)17(2)9-10-18-7-3-4-8-18/h5-6,11H,3-4,7-10,12,16H2,1-2H3. The topological polar surface area (TPSA) is 66.6 Å². The third kappa shape index (κ3) is 3.83. The number of likely N-dealkylation sites (tertiary alicyclic amines) is 1. The average Bonchev–Trinajstić information content (AvgIpc) is 2.97. The molecule has 0 amide bonds. The van der Waals surface area contributed by atoms with Crippen LogP contribution < -0.4 is 5.73 Å². The number of hydrogen-bond donors (Lipinski definition) is 1. The van der Waals surface area contributed by atoms with Gasteiger partial charge in [-0.3, -0.25) is 0 Å². The van der Waals surface area contributed by atoms with Crippen LogP contribution in [0.1, 0.15) is 24.0 Å². The van der Waals surface area contributed by atoms with Crippen molar-refractivity contribution in [1.82, 2.24) is 9.21 Å². The largest absolute Gasteiger partial charge is 0.326 e. The maximum atomic E-state index is 12.6. The Hall–Kier alpha value is -0.950. The maximum absolute atomic E-state index is 12.6. The second-order valence-corrected chi connectivity index (χ2v) is 7.71. The molecule has 1 aliphatic heterocycles. The van der Waals surface area contributed by atoms with Crippen LogP contribution in [0.25, 0.3) is 0 Å². The van der Waals surface area contributed by atoms with Crippen molar-refractivity contribution in [2.45, 2.75) is 31.2 Å². The quantitative estimate of drug-likeness (QED) is 0.856. The van der Waals surface area contributed by atoms with E-state index in [1.54, 1.807) is 25.2 Å². The molecule has 0 atom stereocenters. The molecule has 1 aromatic carbocycles. The summed E-state index contributed by atoms with van der Waals surface area (Å²) in [7, 11) is -1.76. The molecule has 118 valence electrons. The molecule has 1 aliphatic rings. The third-order valence-corrected chi connectivity index (χ3v) is 6.02. The highest BCUT2D eigenvalue weighted by Crippen LogP contribution is 2.18. The molecule has 1 saturated heterocycles. The lowest BCUT2D eigenvalue weighted by atomic mass is 10.1. The van der Waals surface area contributed by atoms with E-state index in [0.29, 0.717) is 18.0 Å². The Labute approximate surface area is 127 Å². The summed E-state index contributed by atoms with van der Waals surface area (Å²) in [5, 5.41) is 0. The van der Waals surface area contributed by atoms with Crippen LogP contribution in [0.2, 0.25) is 0 Å². The molecule has 0 radical (unpaired) electrons. The Morgan fingerprint density at radius 2 is 1.95 bits per heavy atom. The lowest BCUT2D eigenvalue weighted by molar-refractivity contribution is 0.310. The smallest absolute Gasteiger partial charge is 0.242 e. The first kappa shape index (κ1) is 16.4. The van der Waals surface area contributed by atoms with Crippen molar-refractivity contribution in [2.75, 3.05) is 33.2 Å². The monoisotopic (exact) mass is 311 g/mol. The Bertz CT molecular complexity index is 581. The highest BCUT2D eigenvalue weighted by Gasteiger charge is 2.22. The van der Waals surface area contributed by atoms with E-state index in [1.807, 2.05) is 6.92 Å². The second-order valence-electron chi connectivity index (χ2n) is 5.67. The van der Waals surface area contributed by atoms with Gasteiger partial charge in [0.2, 0.25) is 10.0 Å². The molecule has 0 unspecified atom stereocenters. The minimum Gasteiger partial charge on any atom is -0.326 e. The van der Waals surface area contributed by atoms with Gasteiger partial charge in [-0.05, 0) is 56.1 Å². The molecule has 0 aromatic heterocycles. The van der Waals surface area contributed by atoms with Gasteiger partial charge >= 0.3 is 0 Å². The second kappa shape index (κ2) is 6.87. The molecule has 6 heteroatoms. The van der Waals surface area contributed by atoms with Crippen molar-refractivity contribution in [3.63, 3.8) is 0 Å². The number of nitrogens with two attached hydrogens (primary N) is 1.